The van der Waals surface area contributed by atoms with E-state index >= 15 is 0 Å². The molecule has 2 N–H and O–H groups in total. The van der Waals surface area contributed by atoms with Crippen LogP contribution in [0.5, 0.6) is 0 Å². The third-order valence-corrected chi connectivity index (χ3v) is 2.51. The molecular formula is C11H16N4. The molecule has 2 aromatic heterocycles. The molecule has 0 fully saturated rings. The average Bonchev–Trinajstić information content (AvgIpc) is 2.73. The first-order valence-electron chi connectivity index (χ1n) is 5.24. The van der Waals surface area contributed by atoms with Crippen LogP contribution in [0.1, 0.15) is 6.92 Å². The maximum Gasteiger partial charge on any atom is 0.138 e. The maximum atomic E-state index is 5.60. The van der Waals surface area contributed by atoms with Gasteiger partial charge in [-0.1, -0.05) is 6.07 Å². The zero-order chi connectivity index (χ0) is 10.7. The van der Waals surface area contributed by atoms with E-state index in [9.17, 15) is 0 Å². The number of hydrogen-bond acceptors (Lipinski definition) is 3. The summed E-state index contributed by atoms with van der Waals surface area (Å²) in [7, 11) is 0. The summed E-state index contributed by atoms with van der Waals surface area (Å²) in [4.78, 5) is 6.51. The van der Waals surface area contributed by atoms with Crippen molar-refractivity contribution in [1.82, 2.24) is 9.38 Å². The monoisotopic (exact) mass is 204 g/mol. The highest BCUT2D eigenvalue weighted by atomic mass is 15.2. The fourth-order valence-electron chi connectivity index (χ4n) is 1.78. The first-order chi connectivity index (χ1) is 7.36. The van der Waals surface area contributed by atoms with Crippen molar-refractivity contribution in [3.05, 3.63) is 30.6 Å². The predicted molar refractivity (Wildman–Crippen MR) is 62.1 cm³/mol. The van der Waals surface area contributed by atoms with Crippen LogP contribution in [0, 0.1) is 0 Å². The van der Waals surface area contributed by atoms with Crippen LogP contribution in [-0.2, 0) is 0 Å². The van der Waals surface area contributed by atoms with Gasteiger partial charge in [0.2, 0.25) is 0 Å². The smallest absolute Gasteiger partial charge is 0.138 e. The Balaban J connectivity index is 2.44. The number of nitrogens with two attached hydrogens (primary N) is 1. The zero-order valence-corrected chi connectivity index (χ0v) is 8.93. The zero-order valence-electron chi connectivity index (χ0n) is 8.93. The van der Waals surface area contributed by atoms with Crippen LogP contribution in [0.2, 0.25) is 0 Å². The van der Waals surface area contributed by atoms with Gasteiger partial charge >= 0.3 is 0 Å². The van der Waals surface area contributed by atoms with Gasteiger partial charge in [-0.3, -0.25) is 4.40 Å². The molecule has 0 unspecified atom stereocenters. The quantitative estimate of drug-likeness (QED) is 0.811. The van der Waals surface area contributed by atoms with Crippen LogP contribution in [0.25, 0.3) is 5.65 Å². The van der Waals surface area contributed by atoms with Crippen molar-refractivity contribution in [1.29, 1.82) is 0 Å². The fraction of sp³-hybridized carbons (Fsp3) is 0.364. The Morgan fingerprint density at radius 2 is 2.33 bits per heavy atom. The number of imidazole rings is 1. The highest BCUT2D eigenvalue weighted by Gasteiger charge is 2.06. The Hall–Kier alpha value is -1.55. The molecule has 2 aromatic rings. The summed E-state index contributed by atoms with van der Waals surface area (Å²) in [6.07, 6.45) is 3.79. The number of aromatic nitrogens is 2. The lowest BCUT2D eigenvalue weighted by Crippen LogP contribution is -2.30. The highest BCUT2D eigenvalue weighted by Crippen LogP contribution is 2.15. The summed E-state index contributed by atoms with van der Waals surface area (Å²) in [5, 5.41) is 0. The van der Waals surface area contributed by atoms with E-state index in [1.165, 1.54) is 0 Å². The normalized spacial score (nSPS) is 10.8. The van der Waals surface area contributed by atoms with E-state index in [-0.39, 0.29) is 0 Å². The van der Waals surface area contributed by atoms with E-state index in [1.54, 1.807) is 0 Å². The van der Waals surface area contributed by atoms with Crippen LogP contribution in [0.4, 0.5) is 5.82 Å². The number of fused-ring (bicyclic) bond motifs is 1. The molecule has 0 atom stereocenters. The fourth-order valence-corrected chi connectivity index (χ4v) is 1.78. The lowest BCUT2D eigenvalue weighted by atomic mass is 10.4. The molecule has 0 saturated heterocycles. The van der Waals surface area contributed by atoms with Crippen molar-refractivity contribution in [2.24, 2.45) is 5.73 Å². The number of rotatable bonds is 4. The van der Waals surface area contributed by atoms with Crippen LogP contribution >= 0.6 is 0 Å². The average molecular weight is 204 g/mol. The minimum absolute atomic E-state index is 0.666. The largest absolute Gasteiger partial charge is 0.357 e. The summed E-state index contributed by atoms with van der Waals surface area (Å²) in [5.74, 6) is 1.15. The minimum Gasteiger partial charge on any atom is -0.357 e. The maximum absolute atomic E-state index is 5.60. The Kier molecular flexibility index (Phi) is 2.87. The third-order valence-electron chi connectivity index (χ3n) is 2.51. The summed E-state index contributed by atoms with van der Waals surface area (Å²) in [5.41, 5.74) is 6.57. The van der Waals surface area contributed by atoms with Gasteiger partial charge in [-0.05, 0) is 19.1 Å². The molecule has 15 heavy (non-hydrogen) atoms. The van der Waals surface area contributed by atoms with E-state index in [0.29, 0.717) is 6.54 Å². The Morgan fingerprint density at radius 3 is 3.07 bits per heavy atom. The topological polar surface area (TPSA) is 46.6 Å². The van der Waals surface area contributed by atoms with Gasteiger partial charge in [0, 0.05) is 32.0 Å². The molecule has 4 nitrogen and oxygen atoms in total. The van der Waals surface area contributed by atoms with Crippen LogP contribution in [0.15, 0.2) is 30.6 Å². The van der Waals surface area contributed by atoms with Crippen LogP contribution in [-0.4, -0.2) is 29.0 Å². The standard InChI is InChI=1S/C11H16N4/c1-2-14(8-6-12)11-5-3-4-10-13-7-9-15(10)11/h3-5,7,9H,2,6,8,12H2,1H3. The van der Waals surface area contributed by atoms with E-state index in [0.717, 1.165) is 24.6 Å². The second-order valence-corrected chi connectivity index (χ2v) is 3.41. The number of anilines is 1. The molecule has 0 aliphatic rings. The Labute approximate surface area is 89.3 Å². The molecule has 80 valence electrons. The summed E-state index contributed by atoms with van der Waals surface area (Å²) in [6.45, 7) is 4.62. The van der Waals surface area contributed by atoms with Crippen molar-refractivity contribution in [3.8, 4) is 0 Å². The molecule has 0 radical (unpaired) electrons. The molecule has 0 bridgehead atoms. The first kappa shape index (κ1) is 9.98. The molecule has 0 saturated carbocycles. The second kappa shape index (κ2) is 4.31. The van der Waals surface area contributed by atoms with E-state index in [1.807, 2.05) is 24.5 Å². The van der Waals surface area contributed by atoms with Gasteiger partial charge in [0.1, 0.15) is 11.5 Å². The van der Waals surface area contributed by atoms with Crippen molar-refractivity contribution in [2.45, 2.75) is 6.92 Å². The van der Waals surface area contributed by atoms with Gasteiger partial charge in [-0.2, -0.15) is 0 Å². The van der Waals surface area contributed by atoms with Gasteiger partial charge < -0.3 is 10.6 Å². The minimum atomic E-state index is 0.666. The SMILES string of the molecule is CCN(CCN)c1cccc2nccn12. The van der Waals surface area contributed by atoms with Gasteiger partial charge in [-0.15, -0.1) is 0 Å². The van der Waals surface area contributed by atoms with Gasteiger partial charge in [0.05, 0.1) is 0 Å². The Morgan fingerprint density at radius 1 is 1.47 bits per heavy atom. The molecule has 2 rings (SSSR count). The van der Waals surface area contributed by atoms with Gasteiger partial charge in [-0.25, -0.2) is 4.98 Å². The van der Waals surface area contributed by atoms with E-state index < -0.39 is 0 Å². The van der Waals surface area contributed by atoms with Crippen molar-refractivity contribution in [3.63, 3.8) is 0 Å². The number of pyridine rings is 1. The van der Waals surface area contributed by atoms with Gasteiger partial charge in [0.15, 0.2) is 0 Å². The van der Waals surface area contributed by atoms with Crippen LogP contribution < -0.4 is 10.6 Å². The van der Waals surface area contributed by atoms with Gasteiger partial charge in [0.25, 0.3) is 0 Å². The lowest BCUT2D eigenvalue weighted by Gasteiger charge is -2.23. The molecule has 0 aliphatic heterocycles. The predicted octanol–water partition coefficient (Wildman–Crippen LogP) is 1.12. The molecule has 0 aromatic carbocycles. The molecule has 0 aliphatic carbocycles. The number of likely N-dealkylation sites (N-methyl/N-ethyl adjacent to an activating group) is 1. The van der Waals surface area contributed by atoms with Crippen molar-refractivity contribution >= 4 is 11.5 Å². The summed E-state index contributed by atoms with van der Waals surface area (Å²) in [6, 6.07) is 6.12. The lowest BCUT2D eigenvalue weighted by molar-refractivity contribution is 0.794. The molecule has 4 heteroatoms. The van der Waals surface area contributed by atoms with E-state index in [2.05, 4.69) is 27.3 Å². The number of hydrogen-bond donors (Lipinski definition) is 1. The third kappa shape index (κ3) is 1.80. The molecule has 0 amide bonds. The van der Waals surface area contributed by atoms with Crippen LogP contribution in [0.3, 0.4) is 0 Å². The second-order valence-electron chi connectivity index (χ2n) is 3.41. The summed E-state index contributed by atoms with van der Waals surface area (Å²) < 4.78 is 2.08. The highest BCUT2D eigenvalue weighted by molar-refractivity contribution is 5.51. The Bertz CT molecular complexity index is 435. The molecule has 2 heterocycles. The first-order valence-corrected chi connectivity index (χ1v) is 5.24. The number of nitrogens with zero attached hydrogens (tertiary/aromatic N) is 3. The van der Waals surface area contributed by atoms with E-state index in [4.69, 9.17) is 5.73 Å². The van der Waals surface area contributed by atoms with Crippen molar-refractivity contribution in [2.75, 3.05) is 24.5 Å². The molecule has 0 spiro atoms. The molecular weight excluding hydrogens is 188 g/mol. The van der Waals surface area contributed by atoms with Crippen molar-refractivity contribution < 1.29 is 0 Å². The summed E-state index contributed by atoms with van der Waals surface area (Å²) >= 11 is 0.